The van der Waals surface area contributed by atoms with E-state index in [1.54, 1.807) is 6.07 Å². The van der Waals surface area contributed by atoms with Crippen LogP contribution in [0.25, 0.3) is 0 Å². The molecule has 1 aromatic carbocycles. The van der Waals surface area contributed by atoms with E-state index < -0.39 is 5.82 Å². The standard InChI is InChI=1S/C16H21FN2O/c1-2-3-4-5-6-7-16(20)19-12-14-9-8-13(11-18)10-15(14)17/h8-10H,2-7,12H2,1H3,(H,19,20). The highest BCUT2D eigenvalue weighted by Gasteiger charge is 2.06. The zero-order valence-corrected chi connectivity index (χ0v) is 11.9. The molecule has 0 radical (unpaired) electrons. The van der Waals surface area contributed by atoms with Crippen LogP contribution in [0.15, 0.2) is 18.2 Å². The molecular formula is C16H21FN2O. The number of rotatable bonds is 8. The van der Waals surface area contributed by atoms with Gasteiger partial charge in [0.25, 0.3) is 0 Å². The van der Waals surface area contributed by atoms with Crippen molar-refractivity contribution in [1.29, 1.82) is 5.26 Å². The van der Waals surface area contributed by atoms with Crippen LogP contribution in [-0.2, 0) is 11.3 Å². The van der Waals surface area contributed by atoms with Crippen LogP contribution in [0.4, 0.5) is 4.39 Å². The van der Waals surface area contributed by atoms with Crippen molar-refractivity contribution in [3.8, 4) is 6.07 Å². The second kappa shape index (κ2) is 9.08. The van der Waals surface area contributed by atoms with E-state index in [2.05, 4.69) is 12.2 Å². The molecule has 0 bridgehead atoms. The van der Waals surface area contributed by atoms with Gasteiger partial charge in [0.15, 0.2) is 0 Å². The third kappa shape index (κ3) is 5.83. The van der Waals surface area contributed by atoms with Crippen LogP contribution in [0.2, 0.25) is 0 Å². The van der Waals surface area contributed by atoms with Gasteiger partial charge in [-0.2, -0.15) is 5.26 Å². The summed E-state index contributed by atoms with van der Waals surface area (Å²) in [6.07, 6.45) is 5.98. The first-order chi connectivity index (χ1) is 9.67. The fourth-order valence-electron chi connectivity index (χ4n) is 1.93. The fraction of sp³-hybridized carbons (Fsp3) is 0.500. The molecule has 108 valence electrons. The average molecular weight is 276 g/mol. The zero-order chi connectivity index (χ0) is 14.8. The van der Waals surface area contributed by atoms with Gasteiger partial charge in [-0.25, -0.2) is 4.39 Å². The largest absolute Gasteiger partial charge is 0.352 e. The predicted molar refractivity (Wildman–Crippen MR) is 76.3 cm³/mol. The number of carbonyl (C=O) groups excluding carboxylic acids is 1. The lowest BCUT2D eigenvalue weighted by Gasteiger charge is -2.06. The summed E-state index contributed by atoms with van der Waals surface area (Å²) in [5, 5.41) is 11.3. The molecule has 1 N–H and O–H groups in total. The number of unbranched alkanes of at least 4 members (excludes halogenated alkanes) is 4. The van der Waals surface area contributed by atoms with Crippen LogP contribution in [-0.4, -0.2) is 5.91 Å². The minimum Gasteiger partial charge on any atom is -0.352 e. The number of nitriles is 1. The maximum atomic E-state index is 13.6. The molecule has 0 saturated heterocycles. The Morgan fingerprint density at radius 1 is 1.30 bits per heavy atom. The normalized spacial score (nSPS) is 10.1. The summed E-state index contributed by atoms with van der Waals surface area (Å²) in [6, 6.07) is 6.15. The second-order valence-corrected chi connectivity index (χ2v) is 4.86. The average Bonchev–Trinajstić information content (AvgIpc) is 2.45. The van der Waals surface area contributed by atoms with Crippen LogP contribution in [0.3, 0.4) is 0 Å². The molecule has 0 aliphatic carbocycles. The number of carbonyl (C=O) groups is 1. The van der Waals surface area contributed by atoms with E-state index in [4.69, 9.17) is 5.26 Å². The van der Waals surface area contributed by atoms with Gasteiger partial charge in [-0.05, 0) is 18.6 Å². The van der Waals surface area contributed by atoms with Gasteiger partial charge in [0.1, 0.15) is 5.82 Å². The molecule has 0 atom stereocenters. The number of halogens is 1. The van der Waals surface area contributed by atoms with Gasteiger partial charge in [-0.1, -0.05) is 38.7 Å². The summed E-state index contributed by atoms with van der Waals surface area (Å²) in [5.41, 5.74) is 0.692. The number of hydrogen-bond donors (Lipinski definition) is 1. The number of amides is 1. The molecule has 20 heavy (non-hydrogen) atoms. The maximum Gasteiger partial charge on any atom is 0.220 e. The Kier molecular flexibility index (Phi) is 7.34. The van der Waals surface area contributed by atoms with Crippen LogP contribution >= 0.6 is 0 Å². The monoisotopic (exact) mass is 276 g/mol. The van der Waals surface area contributed by atoms with Crippen LogP contribution in [0.1, 0.15) is 56.6 Å². The Bertz CT molecular complexity index is 480. The van der Waals surface area contributed by atoms with Crippen molar-refractivity contribution in [1.82, 2.24) is 5.32 Å². The van der Waals surface area contributed by atoms with Crippen LogP contribution in [0, 0.1) is 17.1 Å². The highest BCUT2D eigenvalue weighted by Crippen LogP contribution is 2.10. The van der Waals surface area contributed by atoms with Gasteiger partial charge >= 0.3 is 0 Å². The Balaban J connectivity index is 2.29. The summed E-state index contributed by atoms with van der Waals surface area (Å²) in [7, 11) is 0. The van der Waals surface area contributed by atoms with Crippen molar-refractivity contribution in [2.45, 2.75) is 52.0 Å². The summed E-state index contributed by atoms with van der Waals surface area (Å²) in [5.74, 6) is -0.502. The predicted octanol–water partition coefficient (Wildman–Crippen LogP) is 3.67. The molecule has 4 heteroatoms. The van der Waals surface area contributed by atoms with E-state index in [0.717, 1.165) is 19.3 Å². The molecule has 0 heterocycles. The third-order valence-electron chi connectivity index (χ3n) is 3.17. The van der Waals surface area contributed by atoms with Gasteiger partial charge in [0, 0.05) is 18.5 Å². The molecule has 0 saturated carbocycles. The molecule has 0 aromatic heterocycles. The lowest BCUT2D eigenvalue weighted by atomic mass is 10.1. The molecule has 0 unspecified atom stereocenters. The van der Waals surface area contributed by atoms with E-state index in [0.29, 0.717) is 12.0 Å². The van der Waals surface area contributed by atoms with E-state index in [1.165, 1.54) is 25.0 Å². The second-order valence-electron chi connectivity index (χ2n) is 4.86. The highest BCUT2D eigenvalue weighted by molar-refractivity contribution is 5.75. The summed E-state index contributed by atoms with van der Waals surface area (Å²) >= 11 is 0. The first-order valence-electron chi connectivity index (χ1n) is 7.12. The molecule has 3 nitrogen and oxygen atoms in total. The number of benzene rings is 1. The summed E-state index contributed by atoms with van der Waals surface area (Å²) in [4.78, 5) is 11.6. The van der Waals surface area contributed by atoms with E-state index >= 15 is 0 Å². The Morgan fingerprint density at radius 2 is 2.05 bits per heavy atom. The van der Waals surface area contributed by atoms with E-state index in [9.17, 15) is 9.18 Å². The van der Waals surface area contributed by atoms with Crippen LogP contribution < -0.4 is 5.32 Å². The molecule has 1 rings (SSSR count). The lowest BCUT2D eigenvalue weighted by Crippen LogP contribution is -2.22. The lowest BCUT2D eigenvalue weighted by molar-refractivity contribution is -0.121. The smallest absolute Gasteiger partial charge is 0.220 e. The van der Waals surface area contributed by atoms with Crippen LogP contribution in [0.5, 0.6) is 0 Å². The molecule has 1 aromatic rings. The first kappa shape index (κ1) is 16.2. The topological polar surface area (TPSA) is 52.9 Å². The molecule has 0 aliphatic rings. The Labute approximate surface area is 119 Å². The number of nitrogens with zero attached hydrogens (tertiary/aromatic N) is 1. The molecule has 0 aliphatic heterocycles. The minimum absolute atomic E-state index is 0.0507. The van der Waals surface area contributed by atoms with Gasteiger partial charge in [-0.15, -0.1) is 0 Å². The van der Waals surface area contributed by atoms with E-state index in [-0.39, 0.29) is 18.0 Å². The zero-order valence-electron chi connectivity index (χ0n) is 11.9. The van der Waals surface area contributed by atoms with Crippen molar-refractivity contribution >= 4 is 5.91 Å². The van der Waals surface area contributed by atoms with Gasteiger partial charge in [0.2, 0.25) is 5.91 Å². The van der Waals surface area contributed by atoms with Gasteiger partial charge < -0.3 is 5.32 Å². The number of hydrogen-bond acceptors (Lipinski definition) is 2. The Morgan fingerprint density at radius 3 is 2.70 bits per heavy atom. The van der Waals surface area contributed by atoms with Gasteiger partial charge in [-0.3, -0.25) is 4.79 Å². The molecular weight excluding hydrogens is 255 g/mol. The molecule has 0 spiro atoms. The maximum absolute atomic E-state index is 13.6. The fourth-order valence-corrected chi connectivity index (χ4v) is 1.93. The van der Waals surface area contributed by atoms with Gasteiger partial charge in [0.05, 0.1) is 11.6 Å². The molecule has 0 fully saturated rings. The van der Waals surface area contributed by atoms with Crippen molar-refractivity contribution in [2.75, 3.05) is 0 Å². The summed E-state index contributed by atoms with van der Waals surface area (Å²) < 4.78 is 13.6. The minimum atomic E-state index is -0.452. The van der Waals surface area contributed by atoms with Crippen molar-refractivity contribution in [3.05, 3.63) is 35.1 Å². The van der Waals surface area contributed by atoms with Crippen molar-refractivity contribution in [2.24, 2.45) is 0 Å². The quantitative estimate of drug-likeness (QED) is 0.736. The van der Waals surface area contributed by atoms with E-state index in [1.807, 2.05) is 6.07 Å². The van der Waals surface area contributed by atoms with Crippen molar-refractivity contribution in [3.63, 3.8) is 0 Å². The Hall–Kier alpha value is -1.89. The number of nitrogens with one attached hydrogen (secondary N) is 1. The summed E-state index contributed by atoms with van der Waals surface area (Å²) in [6.45, 7) is 2.32. The third-order valence-corrected chi connectivity index (χ3v) is 3.17. The molecule has 1 amide bonds. The SMILES string of the molecule is CCCCCCCC(=O)NCc1ccc(C#N)cc1F. The van der Waals surface area contributed by atoms with Crippen molar-refractivity contribution < 1.29 is 9.18 Å². The highest BCUT2D eigenvalue weighted by atomic mass is 19.1. The first-order valence-corrected chi connectivity index (χ1v) is 7.12.